The van der Waals surface area contributed by atoms with Crippen LogP contribution in [0.5, 0.6) is 0 Å². The van der Waals surface area contributed by atoms with Gasteiger partial charge in [0.25, 0.3) is 0 Å². The molecule has 0 bridgehead atoms. The number of halogens is 1. The topological polar surface area (TPSA) is 37.1 Å². The molecule has 2 aromatic rings. The Morgan fingerprint density at radius 1 is 0.909 bits per heavy atom. The van der Waals surface area contributed by atoms with E-state index in [1.165, 1.54) is 18.1 Å². The van der Waals surface area contributed by atoms with Crippen LogP contribution in [0.4, 0.5) is 0 Å². The fraction of sp³-hybridized carbons (Fsp3) is 0. The second kappa shape index (κ2) is 7.20. The van der Waals surface area contributed by atoms with Gasteiger partial charge in [-0.2, -0.15) is 0 Å². The number of aliphatic imine (C=N–C) groups is 1. The normalized spacial score (nSPS) is 13.9. The van der Waals surface area contributed by atoms with Crippen LogP contribution in [0, 0.1) is 0 Å². The van der Waals surface area contributed by atoms with E-state index in [2.05, 4.69) is 9.63 Å². The van der Waals surface area contributed by atoms with Gasteiger partial charge < -0.3 is 0 Å². The van der Waals surface area contributed by atoms with Crippen molar-refractivity contribution in [1.82, 2.24) is 0 Å². The van der Waals surface area contributed by atoms with Crippen LogP contribution >= 0.6 is 23.5 Å². The Labute approximate surface area is 138 Å². The van der Waals surface area contributed by atoms with E-state index >= 15 is 0 Å². The Bertz CT molecular complexity index is 724. The highest BCUT2D eigenvalue weighted by Crippen LogP contribution is 2.27. The van der Waals surface area contributed by atoms with E-state index < -0.39 is 0 Å². The molecular weight excluding hydrogens is 314 g/mol. The highest BCUT2D eigenvalue weighted by atomic mass is 35.5. The fourth-order valence-corrected chi connectivity index (χ4v) is 2.68. The standard InChI is InChI=1S/C17H12ClN3S/c18-15-11-16(22-21-19-12-15)20-17(13-7-3-1-4-8-13)14-9-5-2-6-10-14/h1-12H. The van der Waals surface area contributed by atoms with Gasteiger partial charge in [0.1, 0.15) is 5.03 Å². The monoisotopic (exact) mass is 325 g/mol. The molecule has 1 heterocycles. The lowest BCUT2D eigenvalue weighted by Crippen LogP contribution is -2.03. The van der Waals surface area contributed by atoms with Crippen LogP contribution in [-0.4, -0.2) is 5.71 Å². The minimum absolute atomic E-state index is 0.507. The van der Waals surface area contributed by atoms with Gasteiger partial charge >= 0.3 is 0 Å². The third-order valence-corrected chi connectivity index (χ3v) is 3.72. The molecule has 0 spiro atoms. The first-order chi connectivity index (χ1) is 10.8. The third kappa shape index (κ3) is 3.72. The van der Waals surface area contributed by atoms with Crippen LogP contribution in [0.25, 0.3) is 0 Å². The van der Waals surface area contributed by atoms with E-state index in [-0.39, 0.29) is 0 Å². The summed E-state index contributed by atoms with van der Waals surface area (Å²) in [6, 6.07) is 20.1. The molecule has 0 aliphatic carbocycles. The number of nitrogens with zero attached hydrogens (tertiary/aromatic N) is 3. The molecule has 1 aliphatic rings. The first-order valence-electron chi connectivity index (χ1n) is 6.67. The van der Waals surface area contributed by atoms with E-state index in [1.54, 1.807) is 6.08 Å². The Hall–Kier alpha value is -2.17. The lowest BCUT2D eigenvalue weighted by Gasteiger charge is -2.07. The minimum Gasteiger partial charge on any atom is -0.239 e. The highest BCUT2D eigenvalue weighted by Gasteiger charge is 2.09. The molecule has 108 valence electrons. The maximum absolute atomic E-state index is 6.04. The van der Waals surface area contributed by atoms with E-state index in [0.29, 0.717) is 10.1 Å². The highest BCUT2D eigenvalue weighted by molar-refractivity contribution is 8.01. The van der Waals surface area contributed by atoms with Gasteiger partial charge in [0.15, 0.2) is 0 Å². The van der Waals surface area contributed by atoms with Crippen LogP contribution in [-0.2, 0) is 0 Å². The van der Waals surface area contributed by atoms with E-state index in [1.807, 2.05) is 60.7 Å². The zero-order chi connectivity index (χ0) is 15.2. The van der Waals surface area contributed by atoms with Crippen LogP contribution in [0.1, 0.15) is 11.1 Å². The molecule has 2 aromatic carbocycles. The van der Waals surface area contributed by atoms with Crippen LogP contribution in [0.3, 0.4) is 0 Å². The molecule has 0 aromatic heterocycles. The van der Waals surface area contributed by atoms with Crippen molar-refractivity contribution in [3.05, 3.63) is 94.1 Å². The molecule has 0 fully saturated rings. The van der Waals surface area contributed by atoms with Crippen molar-refractivity contribution in [2.45, 2.75) is 0 Å². The summed E-state index contributed by atoms with van der Waals surface area (Å²) in [5, 5.41) is 5.03. The Balaban J connectivity index is 2.08. The molecule has 0 saturated heterocycles. The molecule has 22 heavy (non-hydrogen) atoms. The first kappa shape index (κ1) is 14.8. The summed E-state index contributed by atoms with van der Waals surface area (Å²) in [6.45, 7) is 0. The number of hydrogen-bond donors (Lipinski definition) is 0. The largest absolute Gasteiger partial charge is 0.239 e. The fourth-order valence-electron chi connectivity index (χ4n) is 1.98. The Kier molecular flexibility index (Phi) is 4.83. The van der Waals surface area contributed by atoms with Crippen LogP contribution in [0.2, 0.25) is 0 Å². The van der Waals surface area contributed by atoms with Gasteiger partial charge in [-0.25, -0.2) is 4.99 Å². The second-order valence-corrected chi connectivity index (χ2v) is 5.68. The van der Waals surface area contributed by atoms with Gasteiger partial charge in [-0.05, 0) is 6.08 Å². The number of rotatable bonds is 3. The average molecular weight is 326 g/mol. The summed E-state index contributed by atoms with van der Waals surface area (Å²) in [7, 11) is 0. The summed E-state index contributed by atoms with van der Waals surface area (Å²) in [4.78, 5) is 4.75. The van der Waals surface area contributed by atoms with Gasteiger partial charge in [-0.1, -0.05) is 72.3 Å². The molecule has 0 atom stereocenters. The maximum atomic E-state index is 6.04. The summed E-state index contributed by atoms with van der Waals surface area (Å²) in [6.07, 6.45) is 3.26. The lowest BCUT2D eigenvalue weighted by molar-refractivity contribution is 1.34. The smallest absolute Gasteiger partial charge is 0.123 e. The molecule has 1 aliphatic heterocycles. The molecule has 0 radical (unpaired) electrons. The van der Waals surface area contributed by atoms with Crippen molar-refractivity contribution in [2.24, 2.45) is 14.6 Å². The molecule has 0 unspecified atom stereocenters. The van der Waals surface area contributed by atoms with Crippen molar-refractivity contribution in [3.8, 4) is 0 Å². The predicted octanol–water partition coefficient (Wildman–Crippen LogP) is 5.56. The number of benzene rings is 2. The number of hydrogen-bond acceptors (Lipinski definition) is 4. The summed E-state index contributed by atoms with van der Waals surface area (Å²) in [5.41, 5.74) is 2.95. The van der Waals surface area contributed by atoms with E-state index in [4.69, 9.17) is 16.6 Å². The lowest BCUT2D eigenvalue weighted by atomic mass is 10.0. The van der Waals surface area contributed by atoms with E-state index in [0.717, 1.165) is 16.8 Å². The first-order valence-corrected chi connectivity index (χ1v) is 7.82. The summed E-state index contributed by atoms with van der Waals surface area (Å²) >= 11 is 7.24. The SMILES string of the molecule is ClC1=CN=NSC(N=C(c2ccccc2)c2ccccc2)=C1. The minimum atomic E-state index is 0.507. The van der Waals surface area contributed by atoms with Gasteiger partial charge in [0.2, 0.25) is 0 Å². The van der Waals surface area contributed by atoms with Crippen molar-refractivity contribution in [1.29, 1.82) is 0 Å². The summed E-state index contributed by atoms with van der Waals surface area (Å²) in [5.74, 6) is 0. The predicted molar refractivity (Wildman–Crippen MR) is 93.0 cm³/mol. The van der Waals surface area contributed by atoms with Crippen molar-refractivity contribution >= 4 is 29.3 Å². The number of allylic oxidation sites excluding steroid dienone is 2. The molecule has 0 saturated carbocycles. The average Bonchev–Trinajstić information content (AvgIpc) is 2.78. The van der Waals surface area contributed by atoms with Gasteiger partial charge in [-0.15, -0.1) is 9.63 Å². The molecule has 0 amide bonds. The molecule has 0 N–H and O–H groups in total. The molecule has 3 nitrogen and oxygen atoms in total. The zero-order valence-corrected chi connectivity index (χ0v) is 13.1. The van der Waals surface area contributed by atoms with Gasteiger partial charge in [0.05, 0.1) is 28.9 Å². The van der Waals surface area contributed by atoms with E-state index in [9.17, 15) is 0 Å². The zero-order valence-electron chi connectivity index (χ0n) is 11.6. The van der Waals surface area contributed by atoms with Gasteiger partial charge in [0, 0.05) is 11.1 Å². The molecular formula is C17H12ClN3S. The maximum Gasteiger partial charge on any atom is 0.123 e. The summed E-state index contributed by atoms with van der Waals surface area (Å²) < 4.78 is 3.95. The van der Waals surface area contributed by atoms with Crippen LogP contribution in [0.15, 0.2) is 97.6 Å². The van der Waals surface area contributed by atoms with Crippen molar-refractivity contribution in [3.63, 3.8) is 0 Å². The second-order valence-electron chi connectivity index (χ2n) is 4.48. The Morgan fingerprint density at radius 2 is 1.50 bits per heavy atom. The van der Waals surface area contributed by atoms with Crippen molar-refractivity contribution in [2.75, 3.05) is 0 Å². The molecule has 3 rings (SSSR count). The van der Waals surface area contributed by atoms with Crippen LogP contribution < -0.4 is 0 Å². The van der Waals surface area contributed by atoms with Gasteiger partial charge in [-0.3, -0.25) is 0 Å². The van der Waals surface area contributed by atoms with Crippen molar-refractivity contribution < 1.29 is 0 Å². The Morgan fingerprint density at radius 3 is 2.09 bits per heavy atom. The molecule has 5 heteroatoms. The quantitative estimate of drug-likeness (QED) is 0.537. The third-order valence-electron chi connectivity index (χ3n) is 2.94.